The van der Waals surface area contributed by atoms with Crippen LogP contribution in [0.15, 0.2) is 41.6 Å². The molecule has 0 fully saturated rings. The molecule has 104 valence electrons. The molecule has 5 N–H and O–H groups in total. The van der Waals surface area contributed by atoms with Gasteiger partial charge in [-0.25, -0.2) is 9.97 Å². The van der Waals surface area contributed by atoms with E-state index in [2.05, 4.69) is 27.9 Å². The van der Waals surface area contributed by atoms with E-state index in [9.17, 15) is 0 Å². The first-order chi connectivity index (χ1) is 9.22. The zero-order valence-corrected chi connectivity index (χ0v) is 11.9. The second-order valence-corrected chi connectivity index (χ2v) is 5.32. The van der Waals surface area contributed by atoms with Gasteiger partial charge in [-0.15, -0.1) is 0 Å². The molecule has 0 radical (unpaired) electrons. The van der Waals surface area contributed by atoms with Crippen molar-refractivity contribution in [2.45, 2.75) is 17.8 Å². The lowest BCUT2D eigenvalue weighted by Gasteiger charge is -1.99. The van der Waals surface area contributed by atoms with Crippen molar-refractivity contribution in [1.29, 1.82) is 0 Å². The number of fused-ring (bicyclic) bond motifs is 1. The highest BCUT2D eigenvalue weighted by Crippen LogP contribution is 2.24. The third-order valence-corrected chi connectivity index (χ3v) is 3.78. The van der Waals surface area contributed by atoms with E-state index in [-0.39, 0.29) is 5.48 Å². The van der Waals surface area contributed by atoms with Crippen molar-refractivity contribution >= 4 is 28.6 Å². The van der Waals surface area contributed by atoms with E-state index in [0.29, 0.717) is 5.82 Å². The Morgan fingerprint density at radius 3 is 2.70 bits per heavy atom. The number of H-pyrrole nitrogens is 1. The first kappa shape index (κ1) is 14.4. The van der Waals surface area contributed by atoms with Crippen molar-refractivity contribution < 1.29 is 5.48 Å². The van der Waals surface area contributed by atoms with Crippen LogP contribution in [0.3, 0.4) is 0 Å². The summed E-state index contributed by atoms with van der Waals surface area (Å²) in [7, 11) is 0. The van der Waals surface area contributed by atoms with E-state index in [1.165, 1.54) is 5.56 Å². The fourth-order valence-electron chi connectivity index (χ4n) is 1.94. The Morgan fingerprint density at radius 1 is 1.15 bits per heavy atom. The minimum atomic E-state index is 0. The van der Waals surface area contributed by atoms with E-state index >= 15 is 0 Å². The number of nitrogens with zero attached hydrogens (tertiary/aromatic N) is 2. The lowest BCUT2D eigenvalue weighted by Crippen LogP contribution is -1.93. The summed E-state index contributed by atoms with van der Waals surface area (Å²) in [5.74, 6) is 1.31. The van der Waals surface area contributed by atoms with Gasteiger partial charge in [-0.05, 0) is 30.7 Å². The molecule has 0 unspecified atom stereocenters. The molecule has 0 saturated heterocycles. The number of rotatable bonds is 3. The van der Waals surface area contributed by atoms with Gasteiger partial charge >= 0.3 is 0 Å². The maximum absolute atomic E-state index is 5.66. The zero-order valence-electron chi connectivity index (χ0n) is 11.1. The van der Waals surface area contributed by atoms with Crippen LogP contribution in [0.1, 0.15) is 11.3 Å². The molecule has 2 heterocycles. The third-order valence-electron chi connectivity index (χ3n) is 2.88. The van der Waals surface area contributed by atoms with Gasteiger partial charge in [0.1, 0.15) is 5.82 Å². The zero-order chi connectivity index (χ0) is 13.2. The monoisotopic (exact) mass is 288 g/mol. The molecule has 0 bridgehead atoms. The minimum absolute atomic E-state index is 0. The molecule has 2 aromatic heterocycles. The molecule has 0 aliphatic carbocycles. The Bertz CT molecular complexity index is 726. The second-order valence-electron chi connectivity index (χ2n) is 4.36. The molecule has 0 saturated carbocycles. The van der Waals surface area contributed by atoms with Gasteiger partial charge in [-0.1, -0.05) is 30.0 Å². The molecule has 0 aliphatic heterocycles. The van der Waals surface area contributed by atoms with Gasteiger partial charge in [0, 0.05) is 5.75 Å². The van der Waals surface area contributed by atoms with Gasteiger partial charge in [-0.3, -0.25) is 0 Å². The standard InChI is InChI=1S/C14H14N4S.H2O/c1-9-4-2-6-11-13(9)18-14(17-11)19-8-10-5-3-7-12(15)16-10;/h2-7H,8H2,1H3,(H2,15,16)(H,17,18);1H2. The summed E-state index contributed by atoms with van der Waals surface area (Å²) >= 11 is 1.63. The number of anilines is 1. The topological polar surface area (TPSA) is 99.1 Å². The number of thioether (sulfide) groups is 1. The number of hydrogen-bond acceptors (Lipinski definition) is 4. The number of imidazole rings is 1. The van der Waals surface area contributed by atoms with Crippen molar-refractivity contribution in [3.63, 3.8) is 0 Å². The average Bonchev–Trinajstić information content (AvgIpc) is 2.81. The second kappa shape index (κ2) is 5.94. The van der Waals surface area contributed by atoms with Crippen LogP contribution >= 0.6 is 11.8 Å². The van der Waals surface area contributed by atoms with E-state index < -0.39 is 0 Å². The van der Waals surface area contributed by atoms with Gasteiger partial charge < -0.3 is 16.2 Å². The summed E-state index contributed by atoms with van der Waals surface area (Å²) in [4.78, 5) is 12.2. The predicted octanol–water partition coefficient (Wildman–Crippen LogP) is 2.32. The Morgan fingerprint density at radius 2 is 1.95 bits per heavy atom. The number of hydrogen-bond donors (Lipinski definition) is 2. The normalized spacial score (nSPS) is 10.4. The number of para-hydroxylation sites is 1. The Hall–Kier alpha value is -2.05. The predicted molar refractivity (Wildman–Crippen MR) is 82.7 cm³/mol. The Kier molecular flexibility index (Phi) is 4.26. The van der Waals surface area contributed by atoms with Crippen molar-refractivity contribution in [2.75, 3.05) is 5.73 Å². The molecule has 0 atom stereocenters. The van der Waals surface area contributed by atoms with E-state index in [4.69, 9.17) is 5.73 Å². The molecule has 0 spiro atoms. The molecule has 5 nitrogen and oxygen atoms in total. The average molecular weight is 288 g/mol. The van der Waals surface area contributed by atoms with Crippen LogP contribution in [-0.2, 0) is 5.75 Å². The number of benzene rings is 1. The van der Waals surface area contributed by atoms with Gasteiger partial charge in [0.05, 0.1) is 16.7 Å². The Balaban J connectivity index is 0.00000147. The van der Waals surface area contributed by atoms with Crippen LogP contribution in [0.5, 0.6) is 0 Å². The van der Waals surface area contributed by atoms with Crippen molar-refractivity contribution in [3.05, 3.63) is 47.7 Å². The SMILES string of the molecule is Cc1cccc2[nH]c(SCc3cccc(N)n3)nc12.O. The fourth-order valence-corrected chi connectivity index (χ4v) is 2.73. The van der Waals surface area contributed by atoms with E-state index in [0.717, 1.165) is 27.6 Å². The number of pyridine rings is 1. The molecular formula is C14H16N4OS. The molecule has 0 aliphatic rings. The highest BCUT2D eigenvalue weighted by Gasteiger charge is 2.06. The summed E-state index contributed by atoms with van der Waals surface area (Å²) in [6.07, 6.45) is 0. The van der Waals surface area contributed by atoms with Gasteiger partial charge in [-0.2, -0.15) is 0 Å². The number of nitrogens with one attached hydrogen (secondary N) is 1. The van der Waals surface area contributed by atoms with Gasteiger partial charge in [0.2, 0.25) is 0 Å². The van der Waals surface area contributed by atoms with Gasteiger partial charge in [0.15, 0.2) is 5.16 Å². The first-order valence-corrected chi connectivity index (χ1v) is 7.00. The number of nitrogen functional groups attached to an aromatic ring is 1. The number of nitrogens with two attached hydrogens (primary N) is 1. The van der Waals surface area contributed by atoms with Crippen molar-refractivity contribution in [3.8, 4) is 0 Å². The molecular weight excluding hydrogens is 272 g/mol. The number of aryl methyl sites for hydroxylation is 1. The van der Waals surface area contributed by atoms with Crippen LogP contribution < -0.4 is 5.73 Å². The smallest absolute Gasteiger partial charge is 0.166 e. The highest BCUT2D eigenvalue weighted by atomic mass is 32.2. The van der Waals surface area contributed by atoms with Crippen molar-refractivity contribution in [2.24, 2.45) is 0 Å². The largest absolute Gasteiger partial charge is 0.412 e. The molecule has 6 heteroatoms. The summed E-state index contributed by atoms with van der Waals surface area (Å²) in [5, 5.41) is 0.911. The van der Waals surface area contributed by atoms with Crippen LogP contribution in [0.2, 0.25) is 0 Å². The molecule has 20 heavy (non-hydrogen) atoms. The first-order valence-electron chi connectivity index (χ1n) is 6.02. The van der Waals surface area contributed by atoms with Crippen LogP contribution in [-0.4, -0.2) is 20.4 Å². The van der Waals surface area contributed by atoms with Crippen LogP contribution in [0, 0.1) is 6.92 Å². The van der Waals surface area contributed by atoms with E-state index in [1.54, 1.807) is 17.8 Å². The minimum Gasteiger partial charge on any atom is -0.412 e. The molecule has 3 aromatic rings. The molecule has 3 rings (SSSR count). The summed E-state index contributed by atoms with van der Waals surface area (Å²) < 4.78 is 0. The number of aromatic nitrogens is 3. The molecule has 0 amide bonds. The summed E-state index contributed by atoms with van der Waals surface area (Å²) in [6, 6.07) is 11.8. The molecule has 1 aromatic carbocycles. The summed E-state index contributed by atoms with van der Waals surface area (Å²) in [6.45, 7) is 2.07. The van der Waals surface area contributed by atoms with E-state index in [1.807, 2.05) is 24.3 Å². The van der Waals surface area contributed by atoms with Gasteiger partial charge in [0.25, 0.3) is 0 Å². The highest BCUT2D eigenvalue weighted by molar-refractivity contribution is 7.98. The maximum atomic E-state index is 5.66. The Labute approximate surface area is 120 Å². The fraction of sp³-hybridized carbons (Fsp3) is 0.143. The summed E-state index contributed by atoms with van der Waals surface area (Å²) in [5.41, 5.74) is 9.91. The maximum Gasteiger partial charge on any atom is 0.166 e. The lowest BCUT2D eigenvalue weighted by atomic mass is 10.2. The quantitative estimate of drug-likeness (QED) is 0.722. The van der Waals surface area contributed by atoms with Crippen LogP contribution in [0.4, 0.5) is 5.82 Å². The van der Waals surface area contributed by atoms with Crippen molar-refractivity contribution in [1.82, 2.24) is 15.0 Å². The lowest BCUT2D eigenvalue weighted by molar-refractivity contribution is 0.824. The number of aromatic amines is 1. The van der Waals surface area contributed by atoms with Crippen LogP contribution in [0.25, 0.3) is 11.0 Å². The third kappa shape index (κ3) is 2.92.